The Morgan fingerprint density at radius 2 is 1.88 bits per heavy atom. The number of rotatable bonds is 5. The predicted molar refractivity (Wildman–Crippen MR) is 73.9 cm³/mol. The van der Waals surface area contributed by atoms with Crippen LogP contribution >= 0.6 is 11.8 Å². The van der Waals surface area contributed by atoms with E-state index < -0.39 is 0 Å². The first-order valence-electron chi connectivity index (χ1n) is 5.57. The summed E-state index contributed by atoms with van der Waals surface area (Å²) in [5, 5.41) is 7.17. The summed E-state index contributed by atoms with van der Waals surface area (Å²) in [7, 11) is 0. The van der Waals surface area contributed by atoms with Gasteiger partial charge in [0.25, 0.3) is 0 Å². The Bertz CT molecular complexity index is 409. The molecule has 0 radical (unpaired) electrons. The first-order valence-corrected chi connectivity index (χ1v) is 6.56. The first-order chi connectivity index (χ1) is 7.99. The minimum atomic E-state index is 0.115. The fraction of sp³-hybridized carbons (Fsp3) is 0.385. The third kappa shape index (κ3) is 5.04. The summed E-state index contributed by atoms with van der Waals surface area (Å²) in [5.41, 5.74) is 8.24. The van der Waals surface area contributed by atoms with E-state index in [1.54, 1.807) is 0 Å². The number of benzene rings is 1. The van der Waals surface area contributed by atoms with Crippen LogP contribution in [0.25, 0.3) is 0 Å². The van der Waals surface area contributed by atoms with Crippen molar-refractivity contribution in [2.75, 3.05) is 5.75 Å². The summed E-state index contributed by atoms with van der Waals surface area (Å²) in [6.07, 6.45) is 1.28. The second-order valence-electron chi connectivity index (χ2n) is 4.12. The third-order valence-electron chi connectivity index (χ3n) is 2.35. The molecule has 0 saturated heterocycles. The molecule has 3 N–H and O–H groups in total. The van der Waals surface area contributed by atoms with Crippen LogP contribution in [0.2, 0.25) is 0 Å². The van der Waals surface area contributed by atoms with Crippen molar-refractivity contribution in [3.8, 4) is 0 Å². The molecule has 3 nitrogen and oxygen atoms in total. The van der Waals surface area contributed by atoms with Crippen LogP contribution in [0.15, 0.2) is 18.2 Å². The highest BCUT2D eigenvalue weighted by molar-refractivity contribution is 8.13. The normalized spacial score (nSPS) is 10.2. The molecule has 0 aromatic heterocycles. The van der Waals surface area contributed by atoms with Gasteiger partial charge in [-0.2, -0.15) is 0 Å². The third-order valence-corrected chi connectivity index (χ3v) is 3.15. The first kappa shape index (κ1) is 13.8. The van der Waals surface area contributed by atoms with Crippen LogP contribution < -0.4 is 5.73 Å². The fourth-order valence-electron chi connectivity index (χ4n) is 1.69. The van der Waals surface area contributed by atoms with Crippen molar-refractivity contribution in [2.24, 2.45) is 5.73 Å². The number of thioether (sulfide) groups is 1. The highest BCUT2D eigenvalue weighted by atomic mass is 32.2. The Labute approximate surface area is 106 Å². The molecule has 0 aliphatic carbocycles. The Balaban J connectivity index is 2.49. The molecular formula is C13H18N2OS. The van der Waals surface area contributed by atoms with Crippen LogP contribution in [0.3, 0.4) is 0 Å². The van der Waals surface area contributed by atoms with Crippen LogP contribution in [0.4, 0.5) is 0 Å². The maximum Gasteiger partial charge on any atom is 0.162 e. The van der Waals surface area contributed by atoms with Crippen molar-refractivity contribution in [1.29, 1.82) is 5.41 Å². The van der Waals surface area contributed by atoms with Gasteiger partial charge in [-0.3, -0.25) is 10.2 Å². The number of hydrogen-bond donors (Lipinski definition) is 2. The molecule has 1 aromatic rings. The maximum absolute atomic E-state index is 11.9. The molecule has 0 aliphatic heterocycles. The summed E-state index contributed by atoms with van der Waals surface area (Å²) in [5.74, 6) is 0.896. The zero-order chi connectivity index (χ0) is 12.8. The lowest BCUT2D eigenvalue weighted by Gasteiger charge is -2.04. The number of hydrogen-bond acceptors (Lipinski definition) is 3. The maximum atomic E-state index is 11.9. The zero-order valence-electron chi connectivity index (χ0n) is 10.2. The van der Waals surface area contributed by atoms with Crippen molar-refractivity contribution in [1.82, 2.24) is 0 Å². The van der Waals surface area contributed by atoms with Gasteiger partial charge in [-0.25, -0.2) is 0 Å². The van der Waals surface area contributed by atoms with E-state index in [-0.39, 0.29) is 11.0 Å². The number of Topliss-reactive ketones (excluding diaryl/α,β-unsaturated/α-hetero) is 1. The summed E-state index contributed by atoms with van der Waals surface area (Å²) in [4.78, 5) is 11.9. The molecule has 0 saturated carbocycles. The van der Waals surface area contributed by atoms with Gasteiger partial charge < -0.3 is 5.73 Å². The minimum Gasteiger partial charge on any atom is -0.379 e. The molecule has 0 spiro atoms. The molecule has 4 heteroatoms. The van der Waals surface area contributed by atoms with E-state index >= 15 is 0 Å². The van der Waals surface area contributed by atoms with Crippen molar-refractivity contribution in [3.63, 3.8) is 0 Å². The Kier molecular flexibility index (Phi) is 5.22. The number of carbonyl (C=O) groups excluding carboxylic acids is 1. The quantitative estimate of drug-likeness (QED) is 0.365. The van der Waals surface area contributed by atoms with E-state index in [1.165, 1.54) is 11.8 Å². The molecule has 1 rings (SSSR count). The number of nitrogens with two attached hydrogens (primary N) is 1. The number of aryl methyl sites for hydroxylation is 2. The van der Waals surface area contributed by atoms with Crippen LogP contribution in [-0.2, 0) is 0 Å². The van der Waals surface area contributed by atoms with Crippen LogP contribution in [0, 0.1) is 19.3 Å². The second kappa shape index (κ2) is 6.45. The van der Waals surface area contributed by atoms with E-state index in [2.05, 4.69) is 6.07 Å². The summed E-state index contributed by atoms with van der Waals surface area (Å²) < 4.78 is 0. The smallest absolute Gasteiger partial charge is 0.162 e. The molecule has 92 valence electrons. The minimum absolute atomic E-state index is 0.115. The van der Waals surface area contributed by atoms with Crippen molar-refractivity contribution >= 4 is 22.7 Å². The average molecular weight is 250 g/mol. The van der Waals surface area contributed by atoms with Crippen molar-refractivity contribution in [3.05, 3.63) is 34.9 Å². The Morgan fingerprint density at radius 3 is 2.41 bits per heavy atom. The molecule has 0 fully saturated rings. The standard InChI is InChI=1S/C13H18N2OS/c1-9-6-10(2)8-11(7-9)12(16)4-3-5-17-13(14)15/h6-8H,3-5H2,1-2H3,(H3,14,15). The lowest BCUT2D eigenvalue weighted by atomic mass is 10.0. The SMILES string of the molecule is Cc1cc(C)cc(C(=O)CCCSC(=N)N)c1. The molecule has 0 unspecified atom stereocenters. The van der Waals surface area contributed by atoms with Crippen LogP contribution in [0.1, 0.15) is 34.3 Å². The number of carbonyl (C=O) groups is 1. The molecule has 0 heterocycles. The lowest BCUT2D eigenvalue weighted by molar-refractivity contribution is 0.0982. The second-order valence-corrected chi connectivity index (χ2v) is 5.25. The summed E-state index contributed by atoms with van der Waals surface area (Å²) in [6, 6.07) is 5.91. The van der Waals surface area contributed by atoms with Crippen LogP contribution in [0.5, 0.6) is 0 Å². The average Bonchev–Trinajstić information content (AvgIpc) is 2.22. The number of nitrogens with one attached hydrogen (secondary N) is 1. The van der Waals surface area contributed by atoms with Gasteiger partial charge in [0.15, 0.2) is 11.0 Å². The van der Waals surface area contributed by atoms with Gasteiger partial charge in [0.1, 0.15) is 0 Å². The van der Waals surface area contributed by atoms with Gasteiger partial charge in [0, 0.05) is 17.7 Å². The predicted octanol–water partition coefficient (Wildman–Crippen LogP) is 2.89. The molecule has 17 heavy (non-hydrogen) atoms. The van der Waals surface area contributed by atoms with E-state index in [4.69, 9.17) is 11.1 Å². The lowest BCUT2D eigenvalue weighted by Crippen LogP contribution is -2.06. The van der Waals surface area contributed by atoms with E-state index in [9.17, 15) is 4.79 Å². The van der Waals surface area contributed by atoms with Gasteiger partial charge in [-0.1, -0.05) is 29.0 Å². The highest BCUT2D eigenvalue weighted by Crippen LogP contribution is 2.13. The van der Waals surface area contributed by atoms with Gasteiger partial charge in [0.2, 0.25) is 0 Å². The van der Waals surface area contributed by atoms with E-state index in [1.807, 2.05) is 26.0 Å². The molecule has 0 aliphatic rings. The Hall–Kier alpha value is -1.29. The van der Waals surface area contributed by atoms with Gasteiger partial charge in [-0.15, -0.1) is 0 Å². The molecule has 0 atom stereocenters. The largest absolute Gasteiger partial charge is 0.379 e. The zero-order valence-corrected chi connectivity index (χ0v) is 11.1. The van der Waals surface area contributed by atoms with Gasteiger partial charge >= 0.3 is 0 Å². The van der Waals surface area contributed by atoms with Crippen molar-refractivity contribution in [2.45, 2.75) is 26.7 Å². The summed E-state index contributed by atoms with van der Waals surface area (Å²) in [6.45, 7) is 3.99. The fourth-order valence-corrected chi connectivity index (χ4v) is 2.20. The topological polar surface area (TPSA) is 66.9 Å². The highest BCUT2D eigenvalue weighted by Gasteiger charge is 2.06. The monoisotopic (exact) mass is 250 g/mol. The van der Waals surface area contributed by atoms with Crippen LogP contribution in [-0.4, -0.2) is 16.7 Å². The van der Waals surface area contributed by atoms with Gasteiger partial charge in [-0.05, 0) is 32.4 Å². The molecule has 0 amide bonds. The molecule has 0 bridgehead atoms. The molecule has 1 aromatic carbocycles. The molecular weight excluding hydrogens is 232 g/mol. The number of ketones is 1. The van der Waals surface area contributed by atoms with Gasteiger partial charge in [0.05, 0.1) is 0 Å². The van der Waals surface area contributed by atoms with E-state index in [0.29, 0.717) is 6.42 Å². The van der Waals surface area contributed by atoms with E-state index in [0.717, 1.165) is 28.9 Å². The van der Waals surface area contributed by atoms with Crippen molar-refractivity contribution < 1.29 is 4.79 Å². The Morgan fingerprint density at radius 1 is 1.29 bits per heavy atom. The summed E-state index contributed by atoms with van der Waals surface area (Å²) >= 11 is 1.28. The number of amidine groups is 1.